The zero-order valence-corrected chi connectivity index (χ0v) is 10.5. The van der Waals surface area contributed by atoms with Crippen LogP contribution < -0.4 is 5.73 Å². The molecule has 0 atom stereocenters. The number of rotatable bonds is 9. The number of hydrogen-bond donors (Lipinski definition) is 1. The van der Waals surface area contributed by atoms with E-state index in [1.165, 1.54) is 0 Å². The molecule has 4 nitrogen and oxygen atoms in total. The second-order valence-electron chi connectivity index (χ2n) is 2.87. The van der Waals surface area contributed by atoms with Gasteiger partial charge in [-0.15, -0.1) is 0 Å². The first-order chi connectivity index (χ1) is 6.74. The summed E-state index contributed by atoms with van der Waals surface area (Å²) in [5, 5.41) is 0. The van der Waals surface area contributed by atoms with Crippen molar-refractivity contribution in [2.24, 2.45) is 5.73 Å². The molecule has 14 heavy (non-hydrogen) atoms. The van der Waals surface area contributed by atoms with Crippen molar-refractivity contribution in [3.63, 3.8) is 0 Å². The zero-order chi connectivity index (χ0) is 10.9. The molecule has 0 unspecified atom stereocenters. The highest BCUT2D eigenvalue weighted by molar-refractivity contribution is 6.60. The Bertz CT molecular complexity index is 118. The first kappa shape index (κ1) is 14.1. The molecule has 0 radical (unpaired) electrons. The molecule has 0 fully saturated rings. The topological polar surface area (TPSA) is 53.7 Å². The van der Waals surface area contributed by atoms with E-state index in [0.717, 1.165) is 12.5 Å². The van der Waals surface area contributed by atoms with Crippen LogP contribution in [0, 0.1) is 0 Å². The summed E-state index contributed by atoms with van der Waals surface area (Å²) in [6.45, 7) is 8.44. The predicted molar refractivity (Wildman–Crippen MR) is 59.1 cm³/mol. The van der Waals surface area contributed by atoms with E-state index >= 15 is 0 Å². The molecule has 0 heterocycles. The second kappa shape index (κ2) is 8.37. The van der Waals surface area contributed by atoms with Gasteiger partial charge in [0, 0.05) is 19.8 Å². The standard InChI is InChI=1S/C9H23NO3Si/c1-4-11-14(12-5-2,13-6-3)9-7-8-10/h4-10H2,1-3H3/q-1. The fourth-order valence-electron chi connectivity index (χ4n) is 1.32. The fraction of sp³-hybridized carbons (Fsp3) is 1.00. The van der Waals surface area contributed by atoms with Crippen LogP contribution >= 0.6 is 0 Å². The molecular weight excluding hydrogens is 198 g/mol. The maximum Gasteiger partial charge on any atom is 0.281 e. The molecule has 2 N–H and O–H groups in total. The molecule has 87 valence electrons. The Balaban J connectivity index is 4.21. The van der Waals surface area contributed by atoms with E-state index in [1.54, 1.807) is 0 Å². The van der Waals surface area contributed by atoms with E-state index in [1.807, 2.05) is 20.8 Å². The Morgan fingerprint density at radius 2 is 1.36 bits per heavy atom. The molecule has 0 aliphatic heterocycles. The van der Waals surface area contributed by atoms with Crippen LogP contribution in [-0.4, -0.2) is 35.2 Å². The van der Waals surface area contributed by atoms with Gasteiger partial charge in [-0.25, -0.2) is 0 Å². The van der Waals surface area contributed by atoms with Gasteiger partial charge in [-0.1, -0.05) is 12.5 Å². The summed E-state index contributed by atoms with van der Waals surface area (Å²) in [4.78, 5) is 0. The van der Waals surface area contributed by atoms with Crippen LogP contribution in [0.25, 0.3) is 0 Å². The molecule has 0 aromatic carbocycles. The molecule has 0 saturated carbocycles. The van der Waals surface area contributed by atoms with Crippen LogP contribution in [0.3, 0.4) is 0 Å². The average Bonchev–Trinajstić information content (AvgIpc) is 2.16. The third-order valence-corrected chi connectivity index (χ3v) is 4.93. The van der Waals surface area contributed by atoms with Crippen molar-refractivity contribution in [3.05, 3.63) is 0 Å². The first-order valence-electron chi connectivity index (χ1n) is 5.36. The zero-order valence-electron chi connectivity index (χ0n) is 9.54. The summed E-state index contributed by atoms with van der Waals surface area (Å²) in [5.74, 6) is 0. The summed E-state index contributed by atoms with van der Waals surface area (Å²) >= 11 is 0. The maximum absolute atomic E-state index is 5.65. The van der Waals surface area contributed by atoms with Gasteiger partial charge in [-0.2, -0.15) is 0 Å². The molecular formula is C9H23NO3Si-. The fourth-order valence-corrected chi connectivity index (χ4v) is 3.96. The van der Waals surface area contributed by atoms with Gasteiger partial charge in [0.25, 0.3) is 8.80 Å². The number of hydrogen-bond acceptors (Lipinski definition) is 4. The summed E-state index contributed by atoms with van der Waals surface area (Å²) in [7, 11) is -2.40. The van der Waals surface area contributed by atoms with Gasteiger partial charge in [0.05, 0.1) is 0 Å². The summed E-state index contributed by atoms with van der Waals surface area (Å²) < 4.78 is 17.0. The van der Waals surface area contributed by atoms with Crippen molar-refractivity contribution in [3.8, 4) is 0 Å². The van der Waals surface area contributed by atoms with E-state index in [4.69, 9.17) is 19.0 Å². The lowest BCUT2D eigenvalue weighted by molar-refractivity contribution is 0.0710. The van der Waals surface area contributed by atoms with Crippen molar-refractivity contribution < 1.29 is 13.3 Å². The Kier molecular flexibility index (Phi) is 8.41. The van der Waals surface area contributed by atoms with Gasteiger partial charge in [-0.05, 0) is 27.3 Å². The molecule has 0 aromatic heterocycles. The van der Waals surface area contributed by atoms with E-state index in [-0.39, 0.29) is 0 Å². The minimum Gasteiger partial charge on any atom is -0.525 e. The van der Waals surface area contributed by atoms with Gasteiger partial charge in [0.15, 0.2) is 0 Å². The summed E-state index contributed by atoms with van der Waals surface area (Å²) in [5.41, 5.74) is 5.48. The molecule has 0 aromatic rings. The quantitative estimate of drug-likeness (QED) is 0.598. The number of nitrogens with two attached hydrogens (primary N) is 1. The Hall–Kier alpha value is 0.0569. The van der Waals surface area contributed by atoms with Crippen molar-refractivity contribution in [1.29, 1.82) is 0 Å². The normalized spacial score (nSPS) is 12.0. The monoisotopic (exact) mass is 221 g/mol. The Morgan fingerprint density at radius 1 is 0.929 bits per heavy atom. The molecule has 0 aliphatic carbocycles. The third kappa shape index (κ3) is 5.07. The lowest BCUT2D eigenvalue weighted by Crippen LogP contribution is -2.46. The van der Waals surface area contributed by atoms with Crippen LogP contribution in [0.5, 0.6) is 0 Å². The van der Waals surface area contributed by atoms with Crippen LogP contribution in [0.1, 0.15) is 27.2 Å². The van der Waals surface area contributed by atoms with Crippen molar-refractivity contribution in [2.45, 2.75) is 33.2 Å². The van der Waals surface area contributed by atoms with Gasteiger partial charge < -0.3 is 19.0 Å². The lowest BCUT2D eigenvalue weighted by atomic mass is 10.5. The highest BCUT2D eigenvalue weighted by atomic mass is 28.4. The molecule has 5 heteroatoms. The van der Waals surface area contributed by atoms with Crippen LogP contribution in [0.2, 0.25) is 6.04 Å². The first-order valence-corrected chi connectivity index (χ1v) is 7.29. The van der Waals surface area contributed by atoms with E-state index in [2.05, 4.69) is 0 Å². The lowest BCUT2D eigenvalue weighted by Gasteiger charge is -2.42. The minimum absolute atomic E-state index is 0.636. The van der Waals surface area contributed by atoms with Gasteiger partial charge in [0.1, 0.15) is 0 Å². The third-order valence-electron chi connectivity index (χ3n) is 1.78. The van der Waals surface area contributed by atoms with E-state index in [0.29, 0.717) is 26.4 Å². The van der Waals surface area contributed by atoms with Gasteiger partial charge >= 0.3 is 0 Å². The largest absolute Gasteiger partial charge is 0.525 e. The van der Waals surface area contributed by atoms with Crippen molar-refractivity contribution in [1.82, 2.24) is 0 Å². The molecule has 0 spiro atoms. The molecule has 0 amide bonds. The van der Waals surface area contributed by atoms with Crippen LogP contribution in [0.15, 0.2) is 0 Å². The summed E-state index contributed by atoms with van der Waals surface area (Å²) in [6, 6.07) is 0.818. The average molecular weight is 221 g/mol. The molecule has 0 aliphatic rings. The SMILES string of the molecule is CCO[Si-](CCCN)(OCC)OCC. The van der Waals surface area contributed by atoms with Crippen molar-refractivity contribution in [2.75, 3.05) is 26.4 Å². The Labute approximate surface area is 88.1 Å². The van der Waals surface area contributed by atoms with Crippen molar-refractivity contribution >= 4 is 8.80 Å². The van der Waals surface area contributed by atoms with Crippen LogP contribution in [-0.2, 0) is 13.3 Å². The Morgan fingerprint density at radius 3 is 1.64 bits per heavy atom. The molecule has 0 bridgehead atoms. The van der Waals surface area contributed by atoms with Crippen LogP contribution in [0.4, 0.5) is 0 Å². The van der Waals surface area contributed by atoms with E-state index < -0.39 is 8.80 Å². The summed E-state index contributed by atoms with van der Waals surface area (Å²) in [6.07, 6.45) is 0.895. The smallest absolute Gasteiger partial charge is 0.281 e. The van der Waals surface area contributed by atoms with Gasteiger partial charge in [-0.3, -0.25) is 0 Å². The predicted octanol–water partition coefficient (Wildman–Crippen LogP) is 1.38. The highest BCUT2D eigenvalue weighted by Crippen LogP contribution is 2.17. The van der Waals surface area contributed by atoms with Gasteiger partial charge in [0.2, 0.25) is 0 Å². The minimum atomic E-state index is -2.40. The van der Waals surface area contributed by atoms with E-state index in [9.17, 15) is 0 Å². The second-order valence-corrected chi connectivity index (χ2v) is 5.61. The molecule has 0 saturated heterocycles. The maximum atomic E-state index is 5.65. The highest BCUT2D eigenvalue weighted by Gasteiger charge is 2.23. The molecule has 0 rings (SSSR count).